The van der Waals surface area contributed by atoms with E-state index in [-0.39, 0.29) is 5.91 Å². The average Bonchev–Trinajstić information content (AvgIpc) is 2.45. The monoisotopic (exact) mass is 319 g/mol. The molecule has 19 heavy (non-hydrogen) atoms. The van der Waals surface area contributed by atoms with Crippen molar-refractivity contribution in [1.82, 2.24) is 14.9 Å². The third-order valence-electron chi connectivity index (χ3n) is 2.77. The number of amides is 1. The Morgan fingerprint density at radius 1 is 1.26 bits per heavy atom. The van der Waals surface area contributed by atoms with E-state index >= 15 is 0 Å². The summed E-state index contributed by atoms with van der Waals surface area (Å²) in [5.41, 5.74) is 1.61. The Hall–Kier alpha value is -1.75. The third-order valence-corrected chi connectivity index (χ3v) is 3.21. The number of aromatic nitrogens is 2. The van der Waals surface area contributed by atoms with Crippen LogP contribution in [0.4, 0.5) is 0 Å². The van der Waals surface area contributed by atoms with Gasteiger partial charge >= 0.3 is 0 Å². The fraction of sp³-hybridized carbons (Fsp3) is 0.214. The highest BCUT2D eigenvalue weighted by Gasteiger charge is 2.12. The molecule has 0 saturated heterocycles. The van der Waals surface area contributed by atoms with Gasteiger partial charge < -0.3 is 4.90 Å². The number of carbonyl (C=O) groups excluding carboxylic acids is 1. The maximum atomic E-state index is 12.1. The number of hydrogen-bond donors (Lipinski definition) is 0. The largest absolute Gasteiger partial charge is 0.340 e. The predicted octanol–water partition coefficient (Wildman–Crippen LogP) is 2.55. The molecule has 0 fully saturated rings. The Kier molecular flexibility index (Phi) is 4.63. The molecule has 0 aliphatic rings. The lowest BCUT2D eigenvalue weighted by molar-refractivity contribution is 0.0790. The number of hydrogen-bond acceptors (Lipinski definition) is 3. The minimum atomic E-state index is -0.0737. The standard InChI is InChI=1S/C14H14BrN3O/c1-18(10-7-11-5-8-16-9-6-11)14(19)12-3-2-4-13(15)17-12/h2-6,8-9H,7,10H2,1H3. The normalized spacial score (nSPS) is 10.2. The number of carbonyl (C=O) groups is 1. The third kappa shape index (κ3) is 3.86. The molecule has 2 aromatic heterocycles. The minimum absolute atomic E-state index is 0.0737. The van der Waals surface area contributed by atoms with E-state index in [0.29, 0.717) is 16.8 Å². The Labute approximate surface area is 120 Å². The number of halogens is 1. The molecule has 0 aliphatic carbocycles. The Bertz CT molecular complexity index is 560. The number of pyridine rings is 2. The summed E-state index contributed by atoms with van der Waals surface area (Å²) in [7, 11) is 1.78. The van der Waals surface area contributed by atoms with Gasteiger partial charge in [-0.15, -0.1) is 0 Å². The highest BCUT2D eigenvalue weighted by molar-refractivity contribution is 9.10. The van der Waals surface area contributed by atoms with Gasteiger partial charge in [0.1, 0.15) is 10.3 Å². The second-order valence-electron chi connectivity index (χ2n) is 4.18. The molecule has 2 rings (SSSR count). The van der Waals surface area contributed by atoms with Crippen molar-refractivity contribution >= 4 is 21.8 Å². The first-order valence-electron chi connectivity index (χ1n) is 5.94. The van der Waals surface area contributed by atoms with E-state index in [9.17, 15) is 4.79 Å². The summed E-state index contributed by atoms with van der Waals surface area (Å²) in [6, 6.07) is 9.23. The summed E-state index contributed by atoms with van der Waals surface area (Å²) in [5.74, 6) is -0.0737. The van der Waals surface area contributed by atoms with Crippen LogP contribution in [0.3, 0.4) is 0 Å². The average molecular weight is 320 g/mol. The maximum absolute atomic E-state index is 12.1. The van der Waals surface area contributed by atoms with E-state index in [2.05, 4.69) is 25.9 Å². The highest BCUT2D eigenvalue weighted by atomic mass is 79.9. The fourth-order valence-electron chi connectivity index (χ4n) is 1.67. The van der Waals surface area contributed by atoms with Crippen LogP contribution in [-0.4, -0.2) is 34.4 Å². The second-order valence-corrected chi connectivity index (χ2v) is 4.99. The first kappa shape index (κ1) is 13.7. The Morgan fingerprint density at radius 3 is 2.68 bits per heavy atom. The van der Waals surface area contributed by atoms with Gasteiger partial charge in [0.25, 0.3) is 5.91 Å². The van der Waals surface area contributed by atoms with Gasteiger partial charge in [-0.2, -0.15) is 0 Å². The molecular formula is C14H14BrN3O. The molecule has 0 bridgehead atoms. The molecule has 0 aromatic carbocycles. The van der Waals surface area contributed by atoms with E-state index in [0.717, 1.165) is 12.0 Å². The van der Waals surface area contributed by atoms with E-state index in [1.807, 2.05) is 12.1 Å². The lowest BCUT2D eigenvalue weighted by Gasteiger charge is -2.16. The molecular weight excluding hydrogens is 306 g/mol. The minimum Gasteiger partial charge on any atom is -0.340 e. The molecule has 0 saturated carbocycles. The lowest BCUT2D eigenvalue weighted by Crippen LogP contribution is -2.29. The van der Waals surface area contributed by atoms with Crippen molar-refractivity contribution in [2.24, 2.45) is 0 Å². The summed E-state index contributed by atoms with van der Waals surface area (Å²) in [5, 5.41) is 0. The SMILES string of the molecule is CN(CCc1ccncc1)C(=O)c1cccc(Br)n1. The van der Waals surface area contributed by atoms with Crippen LogP contribution in [0, 0.1) is 0 Å². The zero-order valence-corrected chi connectivity index (χ0v) is 12.2. The molecule has 0 unspecified atom stereocenters. The fourth-order valence-corrected chi connectivity index (χ4v) is 2.01. The van der Waals surface area contributed by atoms with Gasteiger partial charge in [0, 0.05) is 26.0 Å². The van der Waals surface area contributed by atoms with Crippen molar-refractivity contribution in [3.05, 3.63) is 58.6 Å². The molecule has 4 nitrogen and oxygen atoms in total. The quantitative estimate of drug-likeness (QED) is 0.814. The topological polar surface area (TPSA) is 46.1 Å². The zero-order chi connectivity index (χ0) is 13.7. The second kappa shape index (κ2) is 6.43. The van der Waals surface area contributed by atoms with Crippen LogP contribution in [0.2, 0.25) is 0 Å². The summed E-state index contributed by atoms with van der Waals surface area (Å²) in [4.78, 5) is 22.0. The van der Waals surface area contributed by atoms with Gasteiger partial charge in [0.15, 0.2) is 0 Å². The van der Waals surface area contributed by atoms with Crippen LogP contribution in [0.5, 0.6) is 0 Å². The van der Waals surface area contributed by atoms with Gasteiger partial charge in [-0.3, -0.25) is 9.78 Å². The zero-order valence-electron chi connectivity index (χ0n) is 10.6. The molecule has 0 atom stereocenters. The summed E-state index contributed by atoms with van der Waals surface area (Å²) < 4.78 is 0.667. The van der Waals surface area contributed by atoms with Gasteiger partial charge in [0.2, 0.25) is 0 Å². The summed E-state index contributed by atoms with van der Waals surface area (Å²) >= 11 is 3.27. The van der Waals surface area contributed by atoms with Gasteiger partial charge in [-0.1, -0.05) is 6.07 Å². The maximum Gasteiger partial charge on any atom is 0.272 e. The van der Waals surface area contributed by atoms with Crippen molar-refractivity contribution in [3.63, 3.8) is 0 Å². The van der Waals surface area contributed by atoms with E-state index in [1.165, 1.54) is 0 Å². The van der Waals surface area contributed by atoms with Crippen molar-refractivity contribution < 1.29 is 4.79 Å². The molecule has 2 aromatic rings. The van der Waals surface area contributed by atoms with Crippen molar-refractivity contribution in [2.75, 3.05) is 13.6 Å². The Morgan fingerprint density at radius 2 is 2.00 bits per heavy atom. The van der Waals surface area contributed by atoms with E-state index in [4.69, 9.17) is 0 Å². The molecule has 2 heterocycles. The van der Waals surface area contributed by atoms with Gasteiger partial charge in [-0.05, 0) is 52.2 Å². The van der Waals surface area contributed by atoms with Crippen LogP contribution >= 0.6 is 15.9 Å². The van der Waals surface area contributed by atoms with Gasteiger partial charge in [0.05, 0.1) is 0 Å². The summed E-state index contributed by atoms with van der Waals surface area (Å²) in [6.45, 7) is 0.650. The Balaban J connectivity index is 1.96. The molecule has 0 N–H and O–H groups in total. The van der Waals surface area contributed by atoms with Crippen molar-refractivity contribution in [1.29, 1.82) is 0 Å². The molecule has 0 radical (unpaired) electrons. The highest BCUT2D eigenvalue weighted by Crippen LogP contribution is 2.08. The molecule has 0 spiro atoms. The van der Waals surface area contributed by atoms with Crippen LogP contribution in [0.15, 0.2) is 47.3 Å². The smallest absolute Gasteiger partial charge is 0.272 e. The first-order chi connectivity index (χ1) is 9.16. The van der Waals surface area contributed by atoms with Crippen molar-refractivity contribution in [3.8, 4) is 0 Å². The lowest BCUT2D eigenvalue weighted by atomic mass is 10.2. The van der Waals surface area contributed by atoms with Crippen LogP contribution in [0.1, 0.15) is 16.1 Å². The van der Waals surface area contributed by atoms with Crippen LogP contribution in [-0.2, 0) is 6.42 Å². The molecule has 1 amide bonds. The van der Waals surface area contributed by atoms with Gasteiger partial charge in [-0.25, -0.2) is 4.98 Å². The molecule has 98 valence electrons. The number of rotatable bonds is 4. The van der Waals surface area contributed by atoms with Crippen LogP contribution in [0.25, 0.3) is 0 Å². The molecule has 0 aliphatic heterocycles. The first-order valence-corrected chi connectivity index (χ1v) is 6.73. The predicted molar refractivity (Wildman–Crippen MR) is 76.8 cm³/mol. The van der Waals surface area contributed by atoms with E-state index < -0.39 is 0 Å². The molecule has 5 heteroatoms. The van der Waals surface area contributed by atoms with Crippen LogP contribution < -0.4 is 0 Å². The number of nitrogens with zero attached hydrogens (tertiary/aromatic N) is 3. The number of likely N-dealkylation sites (N-methyl/N-ethyl adjacent to an activating group) is 1. The van der Waals surface area contributed by atoms with E-state index in [1.54, 1.807) is 42.5 Å². The summed E-state index contributed by atoms with van der Waals surface area (Å²) in [6.07, 6.45) is 4.32. The van der Waals surface area contributed by atoms with Crippen molar-refractivity contribution in [2.45, 2.75) is 6.42 Å².